The maximum absolute atomic E-state index is 11.2. The van der Waals surface area contributed by atoms with Gasteiger partial charge in [-0.25, -0.2) is 0 Å². The standard InChI is InChI=1S/C8H13NO2/c1-7(2)4-8(3)5(11-8)6(10)9-7/h5H,4H2,1-3H3,(H,9,10)/t5-,8+/m0/s1. The number of epoxide rings is 1. The van der Waals surface area contributed by atoms with Crippen LogP contribution in [0.25, 0.3) is 0 Å². The monoisotopic (exact) mass is 155 g/mol. The van der Waals surface area contributed by atoms with E-state index in [0.29, 0.717) is 0 Å². The molecule has 0 aromatic heterocycles. The van der Waals surface area contributed by atoms with Crippen molar-refractivity contribution in [2.45, 2.75) is 44.4 Å². The summed E-state index contributed by atoms with van der Waals surface area (Å²) in [5, 5.41) is 2.91. The number of rotatable bonds is 0. The van der Waals surface area contributed by atoms with E-state index in [1.54, 1.807) is 0 Å². The summed E-state index contributed by atoms with van der Waals surface area (Å²) in [6, 6.07) is 0. The first-order chi connectivity index (χ1) is 4.93. The van der Waals surface area contributed by atoms with Gasteiger partial charge in [-0.3, -0.25) is 4.79 Å². The molecule has 0 unspecified atom stereocenters. The van der Waals surface area contributed by atoms with Crippen LogP contribution in [0.15, 0.2) is 0 Å². The van der Waals surface area contributed by atoms with Crippen molar-refractivity contribution in [2.24, 2.45) is 0 Å². The van der Waals surface area contributed by atoms with E-state index in [1.165, 1.54) is 0 Å². The number of fused-ring (bicyclic) bond motifs is 1. The maximum atomic E-state index is 11.2. The van der Waals surface area contributed by atoms with Crippen LogP contribution in [0.4, 0.5) is 0 Å². The zero-order valence-corrected chi connectivity index (χ0v) is 7.10. The van der Waals surface area contributed by atoms with Crippen LogP contribution in [0.3, 0.4) is 0 Å². The molecule has 2 saturated heterocycles. The number of nitrogens with one attached hydrogen (secondary N) is 1. The third-order valence-corrected chi connectivity index (χ3v) is 2.38. The van der Waals surface area contributed by atoms with Gasteiger partial charge in [0.15, 0.2) is 6.10 Å². The summed E-state index contributed by atoms with van der Waals surface area (Å²) in [4.78, 5) is 11.2. The van der Waals surface area contributed by atoms with Crippen LogP contribution < -0.4 is 5.32 Å². The zero-order valence-electron chi connectivity index (χ0n) is 7.10. The molecule has 0 aliphatic carbocycles. The maximum Gasteiger partial charge on any atom is 0.252 e. The average molecular weight is 155 g/mol. The van der Waals surface area contributed by atoms with Gasteiger partial charge in [-0.2, -0.15) is 0 Å². The minimum absolute atomic E-state index is 0.0451. The Labute approximate surface area is 66.1 Å². The van der Waals surface area contributed by atoms with Crippen LogP contribution in [-0.2, 0) is 9.53 Å². The lowest BCUT2D eigenvalue weighted by atomic mass is 9.85. The summed E-state index contributed by atoms with van der Waals surface area (Å²) in [6.07, 6.45) is 0.742. The highest BCUT2D eigenvalue weighted by atomic mass is 16.6. The van der Waals surface area contributed by atoms with Crippen molar-refractivity contribution < 1.29 is 9.53 Å². The van der Waals surface area contributed by atoms with Crippen molar-refractivity contribution in [1.29, 1.82) is 0 Å². The molecule has 2 aliphatic heterocycles. The molecular formula is C8H13NO2. The van der Waals surface area contributed by atoms with E-state index in [9.17, 15) is 4.79 Å². The number of amides is 1. The van der Waals surface area contributed by atoms with Crippen molar-refractivity contribution in [2.75, 3.05) is 0 Å². The Morgan fingerprint density at radius 2 is 2.18 bits per heavy atom. The van der Waals surface area contributed by atoms with E-state index in [-0.39, 0.29) is 23.2 Å². The van der Waals surface area contributed by atoms with Gasteiger partial charge in [-0.15, -0.1) is 0 Å². The third-order valence-electron chi connectivity index (χ3n) is 2.38. The van der Waals surface area contributed by atoms with E-state index in [4.69, 9.17) is 4.74 Å². The molecule has 2 rings (SSSR count). The molecule has 1 N–H and O–H groups in total. The lowest BCUT2D eigenvalue weighted by molar-refractivity contribution is -0.124. The van der Waals surface area contributed by atoms with Crippen LogP contribution in [0, 0.1) is 0 Å². The fourth-order valence-electron chi connectivity index (χ4n) is 2.02. The summed E-state index contributed by atoms with van der Waals surface area (Å²) in [6.45, 7) is 6.04. The van der Waals surface area contributed by atoms with Gasteiger partial charge in [0.1, 0.15) is 5.60 Å². The smallest absolute Gasteiger partial charge is 0.252 e. The topological polar surface area (TPSA) is 41.6 Å². The van der Waals surface area contributed by atoms with Crippen LogP contribution in [0.2, 0.25) is 0 Å². The predicted molar refractivity (Wildman–Crippen MR) is 40.1 cm³/mol. The van der Waals surface area contributed by atoms with Crippen LogP contribution in [0.1, 0.15) is 27.2 Å². The fraction of sp³-hybridized carbons (Fsp3) is 0.875. The summed E-state index contributed by atoms with van der Waals surface area (Å²) in [5.74, 6) is 0.0451. The Balaban J connectivity index is 2.21. The van der Waals surface area contributed by atoms with Crippen molar-refractivity contribution in [3.63, 3.8) is 0 Å². The SMILES string of the molecule is CC1(C)C[C@@]2(C)O[C@H]2C(=O)N1. The van der Waals surface area contributed by atoms with Gasteiger partial charge in [0, 0.05) is 12.0 Å². The largest absolute Gasteiger partial charge is 0.356 e. The second kappa shape index (κ2) is 1.61. The Kier molecular flexibility index (Phi) is 1.04. The van der Waals surface area contributed by atoms with Crippen LogP contribution >= 0.6 is 0 Å². The van der Waals surface area contributed by atoms with Gasteiger partial charge in [0.05, 0.1) is 0 Å². The van der Waals surface area contributed by atoms with Gasteiger partial charge in [0.2, 0.25) is 0 Å². The molecule has 2 fully saturated rings. The summed E-state index contributed by atoms with van der Waals surface area (Å²) >= 11 is 0. The highest BCUT2D eigenvalue weighted by Gasteiger charge is 2.62. The van der Waals surface area contributed by atoms with Gasteiger partial charge in [-0.05, 0) is 20.8 Å². The van der Waals surface area contributed by atoms with Crippen molar-refractivity contribution in [3.05, 3.63) is 0 Å². The number of hydrogen-bond acceptors (Lipinski definition) is 2. The molecule has 0 spiro atoms. The number of hydrogen-bond donors (Lipinski definition) is 1. The molecule has 1 amide bonds. The van der Waals surface area contributed by atoms with Gasteiger partial charge < -0.3 is 10.1 Å². The summed E-state index contributed by atoms with van der Waals surface area (Å²) < 4.78 is 5.30. The van der Waals surface area contributed by atoms with E-state index < -0.39 is 0 Å². The fourth-order valence-corrected chi connectivity index (χ4v) is 2.02. The van der Waals surface area contributed by atoms with E-state index in [0.717, 1.165) is 6.42 Å². The quantitative estimate of drug-likeness (QED) is 0.516. The van der Waals surface area contributed by atoms with Crippen molar-refractivity contribution in [3.8, 4) is 0 Å². The highest BCUT2D eigenvalue weighted by Crippen LogP contribution is 2.45. The Morgan fingerprint density at radius 3 is 2.73 bits per heavy atom. The number of piperidine rings is 1. The number of carbonyl (C=O) groups is 1. The molecule has 2 atom stereocenters. The zero-order chi connectivity index (χ0) is 8.28. The molecule has 0 aromatic rings. The molecular weight excluding hydrogens is 142 g/mol. The predicted octanol–water partition coefficient (Wildman–Crippen LogP) is 0.442. The number of ether oxygens (including phenoxy) is 1. The lowest BCUT2D eigenvalue weighted by Crippen LogP contribution is -2.53. The normalized spacial score (nSPS) is 46.1. The van der Waals surface area contributed by atoms with Crippen LogP contribution in [-0.4, -0.2) is 23.2 Å². The van der Waals surface area contributed by atoms with Gasteiger partial charge in [-0.1, -0.05) is 0 Å². The Hall–Kier alpha value is -0.570. The molecule has 0 bridgehead atoms. The molecule has 2 aliphatic rings. The minimum Gasteiger partial charge on any atom is -0.356 e. The van der Waals surface area contributed by atoms with E-state index in [1.807, 2.05) is 20.8 Å². The van der Waals surface area contributed by atoms with Crippen LogP contribution in [0.5, 0.6) is 0 Å². The van der Waals surface area contributed by atoms with Gasteiger partial charge >= 0.3 is 0 Å². The summed E-state index contributed by atoms with van der Waals surface area (Å²) in [7, 11) is 0. The minimum atomic E-state index is -0.171. The van der Waals surface area contributed by atoms with E-state index in [2.05, 4.69) is 5.32 Å². The Morgan fingerprint density at radius 1 is 1.55 bits per heavy atom. The molecule has 0 radical (unpaired) electrons. The molecule has 11 heavy (non-hydrogen) atoms. The molecule has 0 aromatic carbocycles. The van der Waals surface area contributed by atoms with Crippen molar-refractivity contribution >= 4 is 5.91 Å². The Bertz CT molecular complexity index is 221. The molecule has 62 valence electrons. The molecule has 3 nitrogen and oxygen atoms in total. The molecule has 0 saturated carbocycles. The highest BCUT2D eigenvalue weighted by molar-refractivity contribution is 5.86. The third kappa shape index (κ3) is 0.948. The van der Waals surface area contributed by atoms with Crippen molar-refractivity contribution in [1.82, 2.24) is 5.32 Å². The molecule has 2 heterocycles. The average Bonchev–Trinajstić information content (AvgIpc) is 2.36. The second-order valence-electron chi connectivity index (χ2n) is 4.36. The summed E-state index contributed by atoms with van der Waals surface area (Å²) in [5.41, 5.74) is -0.259. The second-order valence-corrected chi connectivity index (χ2v) is 4.36. The first-order valence-corrected chi connectivity index (χ1v) is 3.93. The first-order valence-electron chi connectivity index (χ1n) is 3.93. The lowest BCUT2D eigenvalue weighted by Gasteiger charge is -2.31. The first kappa shape index (κ1) is 7.10. The van der Waals surface area contributed by atoms with E-state index >= 15 is 0 Å². The molecule has 3 heteroatoms. The van der Waals surface area contributed by atoms with Gasteiger partial charge in [0.25, 0.3) is 5.91 Å². The number of carbonyl (C=O) groups excluding carboxylic acids is 1.